The summed E-state index contributed by atoms with van der Waals surface area (Å²) < 4.78 is 28.7. The van der Waals surface area contributed by atoms with Crippen LogP contribution in [0.2, 0.25) is 0 Å². The molecule has 29 heavy (non-hydrogen) atoms. The second-order valence-electron chi connectivity index (χ2n) is 6.44. The van der Waals surface area contributed by atoms with E-state index < -0.39 is 17.5 Å². The number of para-hydroxylation sites is 1. The smallest absolute Gasteiger partial charge is 0.265 e. The van der Waals surface area contributed by atoms with Gasteiger partial charge in [0, 0.05) is 5.56 Å². The summed E-state index contributed by atoms with van der Waals surface area (Å²) in [5.74, 6) is -1.31. The summed E-state index contributed by atoms with van der Waals surface area (Å²) in [4.78, 5) is 29.7. The molecule has 1 aromatic heterocycles. The Morgan fingerprint density at radius 2 is 1.72 bits per heavy atom. The highest BCUT2D eigenvalue weighted by molar-refractivity contribution is 6.04. The highest BCUT2D eigenvalue weighted by Gasteiger charge is 2.14. The Bertz CT molecular complexity index is 1300. The fourth-order valence-electron chi connectivity index (χ4n) is 3.09. The van der Waals surface area contributed by atoms with Crippen molar-refractivity contribution in [2.24, 2.45) is 0 Å². The van der Waals surface area contributed by atoms with Crippen molar-refractivity contribution in [3.05, 3.63) is 100 Å². The maximum atomic E-state index is 14.3. The predicted molar refractivity (Wildman–Crippen MR) is 106 cm³/mol. The van der Waals surface area contributed by atoms with Crippen molar-refractivity contribution >= 4 is 22.5 Å². The van der Waals surface area contributed by atoms with E-state index in [4.69, 9.17) is 0 Å². The number of carbonyl (C=O) groups excluding carboxylic acids is 1. The van der Waals surface area contributed by atoms with Gasteiger partial charge in [-0.05, 0) is 61.5 Å². The van der Waals surface area contributed by atoms with Crippen molar-refractivity contribution in [3.8, 4) is 5.69 Å². The van der Waals surface area contributed by atoms with Gasteiger partial charge in [0.15, 0.2) is 0 Å². The van der Waals surface area contributed by atoms with Crippen LogP contribution in [0.15, 0.2) is 71.5 Å². The monoisotopic (exact) mass is 391 g/mol. The van der Waals surface area contributed by atoms with Crippen LogP contribution in [-0.4, -0.2) is 15.5 Å². The van der Waals surface area contributed by atoms with E-state index in [1.807, 2.05) is 0 Å². The number of amides is 1. The zero-order valence-corrected chi connectivity index (χ0v) is 15.3. The number of carbonyl (C=O) groups is 1. The minimum atomic E-state index is -0.663. The number of nitrogens with one attached hydrogen (secondary N) is 1. The van der Waals surface area contributed by atoms with E-state index in [9.17, 15) is 18.4 Å². The molecule has 0 aliphatic heterocycles. The van der Waals surface area contributed by atoms with E-state index >= 15 is 0 Å². The Hall–Kier alpha value is -3.87. The van der Waals surface area contributed by atoms with Crippen LogP contribution in [-0.2, 0) is 0 Å². The Morgan fingerprint density at radius 1 is 1.00 bits per heavy atom. The number of aromatic nitrogens is 2. The molecule has 0 atom stereocenters. The number of anilines is 1. The molecule has 1 N–H and O–H groups in total. The molecule has 0 aliphatic rings. The summed E-state index contributed by atoms with van der Waals surface area (Å²) in [6.45, 7) is 1.67. The molecule has 0 saturated heterocycles. The first kappa shape index (κ1) is 18.5. The largest absolute Gasteiger partial charge is 0.319 e. The Kier molecular flexibility index (Phi) is 4.64. The van der Waals surface area contributed by atoms with Crippen molar-refractivity contribution in [2.75, 3.05) is 5.32 Å². The van der Waals surface area contributed by atoms with Crippen LogP contribution in [0.1, 0.15) is 16.2 Å². The molecule has 1 amide bonds. The fraction of sp³-hybridized carbons (Fsp3) is 0.0455. The summed E-state index contributed by atoms with van der Waals surface area (Å²) in [6.07, 6.45) is 0. The maximum absolute atomic E-state index is 14.3. The minimum absolute atomic E-state index is 0.101. The van der Waals surface area contributed by atoms with Gasteiger partial charge < -0.3 is 5.32 Å². The molecule has 1 heterocycles. The molecule has 0 fully saturated rings. The van der Waals surface area contributed by atoms with Crippen LogP contribution in [0.3, 0.4) is 0 Å². The fourth-order valence-corrected chi connectivity index (χ4v) is 3.09. The van der Waals surface area contributed by atoms with Gasteiger partial charge in [0.2, 0.25) is 0 Å². The van der Waals surface area contributed by atoms with E-state index in [0.717, 1.165) is 18.2 Å². The van der Waals surface area contributed by atoms with Crippen LogP contribution in [0.4, 0.5) is 14.5 Å². The zero-order chi connectivity index (χ0) is 20.5. The molecule has 0 spiro atoms. The lowest BCUT2D eigenvalue weighted by Crippen LogP contribution is -2.22. The van der Waals surface area contributed by atoms with Gasteiger partial charge in [-0.2, -0.15) is 0 Å². The third kappa shape index (κ3) is 3.50. The standard InChI is InChI=1S/C22H15F2N3O2/c1-13-25-19-5-3-2-4-17(19)22(29)27(13)16-10-11-18(24)20(12-16)26-21(28)14-6-8-15(23)9-7-14/h2-12H,1H3,(H,26,28). The van der Waals surface area contributed by atoms with Crippen LogP contribution in [0, 0.1) is 18.6 Å². The van der Waals surface area contributed by atoms with Gasteiger partial charge in [-0.3, -0.25) is 14.2 Å². The van der Waals surface area contributed by atoms with E-state index in [2.05, 4.69) is 10.3 Å². The van der Waals surface area contributed by atoms with Crippen molar-refractivity contribution in [2.45, 2.75) is 6.92 Å². The number of nitrogens with zero attached hydrogens (tertiary/aromatic N) is 2. The third-order valence-electron chi connectivity index (χ3n) is 4.51. The van der Waals surface area contributed by atoms with Crippen molar-refractivity contribution in [1.29, 1.82) is 0 Å². The van der Waals surface area contributed by atoms with Gasteiger partial charge in [-0.25, -0.2) is 13.8 Å². The molecule has 5 nitrogen and oxygen atoms in total. The summed E-state index contributed by atoms with van der Waals surface area (Å²) >= 11 is 0. The SMILES string of the molecule is Cc1nc2ccccc2c(=O)n1-c1ccc(F)c(NC(=O)c2ccc(F)cc2)c1. The first-order chi connectivity index (χ1) is 13.9. The van der Waals surface area contributed by atoms with E-state index in [1.165, 1.54) is 28.8 Å². The minimum Gasteiger partial charge on any atom is -0.319 e. The number of hydrogen-bond acceptors (Lipinski definition) is 3. The van der Waals surface area contributed by atoms with Crippen molar-refractivity contribution in [3.63, 3.8) is 0 Å². The number of benzene rings is 3. The van der Waals surface area contributed by atoms with Crippen LogP contribution in [0.25, 0.3) is 16.6 Å². The lowest BCUT2D eigenvalue weighted by atomic mass is 10.2. The molecule has 4 rings (SSSR count). The molecule has 0 unspecified atom stereocenters. The number of aryl methyl sites for hydroxylation is 1. The lowest BCUT2D eigenvalue weighted by molar-refractivity contribution is 0.102. The Morgan fingerprint density at radius 3 is 2.48 bits per heavy atom. The summed E-state index contributed by atoms with van der Waals surface area (Å²) in [5, 5.41) is 2.89. The van der Waals surface area contributed by atoms with Crippen molar-refractivity contribution in [1.82, 2.24) is 9.55 Å². The summed E-state index contributed by atoms with van der Waals surface area (Å²) in [6, 6.07) is 15.8. The van der Waals surface area contributed by atoms with E-state index in [0.29, 0.717) is 22.4 Å². The normalized spacial score (nSPS) is 10.9. The van der Waals surface area contributed by atoms with Gasteiger partial charge >= 0.3 is 0 Å². The van der Waals surface area contributed by atoms with Gasteiger partial charge in [-0.15, -0.1) is 0 Å². The van der Waals surface area contributed by atoms with Gasteiger partial charge in [0.1, 0.15) is 17.5 Å². The lowest BCUT2D eigenvalue weighted by Gasteiger charge is -2.13. The number of halogens is 2. The first-order valence-corrected chi connectivity index (χ1v) is 8.79. The van der Waals surface area contributed by atoms with E-state index in [1.54, 1.807) is 31.2 Å². The highest BCUT2D eigenvalue weighted by atomic mass is 19.1. The molecule has 0 aliphatic carbocycles. The van der Waals surface area contributed by atoms with Crippen molar-refractivity contribution < 1.29 is 13.6 Å². The predicted octanol–water partition coefficient (Wildman–Crippen LogP) is 4.22. The van der Waals surface area contributed by atoms with Gasteiger partial charge in [0.05, 0.1) is 22.3 Å². The van der Waals surface area contributed by atoms with Crippen LogP contribution in [0.5, 0.6) is 0 Å². The third-order valence-corrected chi connectivity index (χ3v) is 4.51. The number of fused-ring (bicyclic) bond motifs is 1. The summed E-state index contributed by atoms with van der Waals surface area (Å²) in [7, 11) is 0. The average Bonchev–Trinajstić information content (AvgIpc) is 2.71. The molecule has 144 valence electrons. The number of hydrogen-bond donors (Lipinski definition) is 1. The molecule has 4 aromatic rings. The molecule has 3 aromatic carbocycles. The quantitative estimate of drug-likeness (QED) is 0.569. The molecule has 0 radical (unpaired) electrons. The Labute approximate surface area is 164 Å². The molecule has 0 bridgehead atoms. The molecule has 0 saturated carbocycles. The van der Waals surface area contributed by atoms with Gasteiger partial charge in [0.25, 0.3) is 11.5 Å². The maximum Gasteiger partial charge on any atom is 0.265 e. The molecular formula is C22H15F2N3O2. The second-order valence-corrected chi connectivity index (χ2v) is 6.44. The average molecular weight is 391 g/mol. The molecular weight excluding hydrogens is 376 g/mol. The summed E-state index contributed by atoms with van der Waals surface area (Å²) in [5.41, 5.74) is 0.712. The van der Waals surface area contributed by atoms with Gasteiger partial charge in [-0.1, -0.05) is 12.1 Å². The van der Waals surface area contributed by atoms with E-state index in [-0.39, 0.29) is 16.8 Å². The highest BCUT2D eigenvalue weighted by Crippen LogP contribution is 2.21. The first-order valence-electron chi connectivity index (χ1n) is 8.79. The molecule has 7 heteroatoms. The van der Waals surface area contributed by atoms with Crippen LogP contribution >= 0.6 is 0 Å². The second kappa shape index (κ2) is 7.27. The number of rotatable bonds is 3. The van der Waals surface area contributed by atoms with Crippen LogP contribution < -0.4 is 10.9 Å². The Balaban J connectivity index is 1.76. The topological polar surface area (TPSA) is 64.0 Å². The zero-order valence-electron chi connectivity index (χ0n) is 15.3.